The summed E-state index contributed by atoms with van der Waals surface area (Å²) < 4.78 is 10.3. The first kappa shape index (κ1) is 11.7. The number of piperidine rings is 1. The minimum Gasteiger partial charge on any atom is -0.483 e. The molecule has 1 heterocycles. The average molecular weight is 213 g/mol. The van der Waals surface area contributed by atoms with Gasteiger partial charge in [0.25, 0.3) is 0 Å². The molecule has 1 aliphatic rings. The lowest BCUT2D eigenvalue weighted by Gasteiger charge is -2.23. The molecule has 0 amide bonds. The highest BCUT2D eigenvalue weighted by Crippen LogP contribution is 2.09. The Bertz CT molecular complexity index is 245. The minimum atomic E-state index is 0.208. The molecule has 0 aliphatic carbocycles. The first-order valence-corrected chi connectivity index (χ1v) is 5.06. The normalized spacial score (nSPS) is 20.1. The fourth-order valence-corrected chi connectivity index (χ4v) is 1.38. The van der Waals surface area contributed by atoms with Gasteiger partial charge in [-0.2, -0.15) is 0 Å². The van der Waals surface area contributed by atoms with Crippen molar-refractivity contribution in [2.75, 3.05) is 20.2 Å². The first-order valence-electron chi connectivity index (χ1n) is 5.06. The third kappa shape index (κ3) is 4.60. The molecule has 86 valence electrons. The van der Waals surface area contributed by atoms with Gasteiger partial charge in [0.15, 0.2) is 11.8 Å². The molecule has 1 saturated heterocycles. The molecule has 0 bridgehead atoms. The van der Waals surface area contributed by atoms with E-state index in [0.29, 0.717) is 11.8 Å². The molecular weight excluding hydrogens is 194 g/mol. The number of nitrogens with two attached hydrogens (primary N) is 2. The van der Waals surface area contributed by atoms with E-state index in [2.05, 4.69) is 5.32 Å². The summed E-state index contributed by atoms with van der Waals surface area (Å²) in [6, 6.07) is 0. The Balaban J connectivity index is 2.36. The van der Waals surface area contributed by atoms with Crippen molar-refractivity contribution in [3.05, 3.63) is 23.9 Å². The van der Waals surface area contributed by atoms with Gasteiger partial charge in [-0.05, 0) is 25.9 Å². The van der Waals surface area contributed by atoms with Crippen LogP contribution in [0, 0.1) is 0 Å². The van der Waals surface area contributed by atoms with E-state index in [1.165, 1.54) is 7.11 Å². The molecule has 15 heavy (non-hydrogen) atoms. The summed E-state index contributed by atoms with van der Waals surface area (Å²) in [5.41, 5.74) is 11.1. The van der Waals surface area contributed by atoms with Crippen LogP contribution in [0.5, 0.6) is 0 Å². The molecule has 5 heteroatoms. The largest absolute Gasteiger partial charge is 0.483 e. The van der Waals surface area contributed by atoms with Gasteiger partial charge in [0.05, 0.1) is 7.11 Å². The maximum Gasteiger partial charge on any atom is 0.184 e. The van der Waals surface area contributed by atoms with Gasteiger partial charge in [-0.1, -0.05) is 0 Å². The van der Waals surface area contributed by atoms with Crippen molar-refractivity contribution in [3.63, 3.8) is 0 Å². The lowest BCUT2D eigenvalue weighted by atomic mass is 10.1. The summed E-state index contributed by atoms with van der Waals surface area (Å²) in [6.45, 7) is 1.96. The van der Waals surface area contributed by atoms with Crippen LogP contribution in [0.2, 0.25) is 0 Å². The molecule has 0 unspecified atom stereocenters. The third-order valence-electron chi connectivity index (χ3n) is 2.24. The van der Waals surface area contributed by atoms with Gasteiger partial charge in [-0.15, -0.1) is 0 Å². The van der Waals surface area contributed by atoms with Crippen LogP contribution in [0.15, 0.2) is 23.9 Å². The summed E-state index contributed by atoms with van der Waals surface area (Å²) in [4.78, 5) is 0. The van der Waals surface area contributed by atoms with E-state index >= 15 is 0 Å². The Kier molecular flexibility index (Phi) is 4.83. The fraction of sp³-hybridized carbons (Fsp3) is 0.600. The number of methoxy groups -OCH3 is 1. The molecule has 0 spiro atoms. The average Bonchev–Trinajstić information content (AvgIpc) is 2.27. The second kappa shape index (κ2) is 6.19. The highest BCUT2D eigenvalue weighted by atomic mass is 16.5. The molecule has 0 saturated carbocycles. The number of ether oxygens (including phenoxy) is 2. The Labute approximate surface area is 90.1 Å². The maximum atomic E-state index is 5.67. The molecule has 1 rings (SSSR count). The standard InChI is InChI=1S/C10H19N3O2/c1-14-9(11)2-3-10(12)15-8-4-6-13-7-5-8/h2-3,8,13H,4-7,11-12H2,1H3/b9-2+,10-3+. The third-order valence-corrected chi connectivity index (χ3v) is 2.24. The monoisotopic (exact) mass is 213 g/mol. The molecule has 0 radical (unpaired) electrons. The Hall–Kier alpha value is -1.36. The van der Waals surface area contributed by atoms with Crippen molar-refractivity contribution in [2.45, 2.75) is 18.9 Å². The van der Waals surface area contributed by atoms with Crippen LogP contribution in [0.3, 0.4) is 0 Å². The number of hydrogen-bond donors (Lipinski definition) is 3. The van der Waals surface area contributed by atoms with E-state index in [0.717, 1.165) is 25.9 Å². The summed E-state index contributed by atoms with van der Waals surface area (Å²) >= 11 is 0. The highest BCUT2D eigenvalue weighted by Gasteiger charge is 2.13. The van der Waals surface area contributed by atoms with Gasteiger partial charge in [0.2, 0.25) is 0 Å². The zero-order chi connectivity index (χ0) is 11.1. The quantitative estimate of drug-likeness (QED) is 0.452. The van der Waals surface area contributed by atoms with Gasteiger partial charge in [-0.25, -0.2) is 0 Å². The maximum absolute atomic E-state index is 5.67. The van der Waals surface area contributed by atoms with Gasteiger partial charge >= 0.3 is 0 Å². The van der Waals surface area contributed by atoms with Crippen LogP contribution >= 0.6 is 0 Å². The van der Waals surface area contributed by atoms with Crippen LogP contribution < -0.4 is 16.8 Å². The van der Waals surface area contributed by atoms with Crippen molar-refractivity contribution in [1.29, 1.82) is 0 Å². The fourth-order valence-electron chi connectivity index (χ4n) is 1.38. The number of allylic oxidation sites excluding steroid dienone is 2. The van der Waals surface area contributed by atoms with Crippen molar-refractivity contribution in [2.24, 2.45) is 11.5 Å². The molecule has 1 aliphatic heterocycles. The van der Waals surface area contributed by atoms with E-state index in [-0.39, 0.29) is 6.10 Å². The first-order chi connectivity index (χ1) is 7.22. The molecule has 1 fully saturated rings. The zero-order valence-electron chi connectivity index (χ0n) is 9.03. The van der Waals surface area contributed by atoms with E-state index < -0.39 is 0 Å². The predicted octanol–water partition coefficient (Wildman–Crippen LogP) is 0.00160. The molecule has 5 nitrogen and oxygen atoms in total. The Morgan fingerprint density at radius 3 is 2.40 bits per heavy atom. The second-order valence-electron chi connectivity index (χ2n) is 3.41. The number of nitrogens with one attached hydrogen (secondary N) is 1. The van der Waals surface area contributed by atoms with Gasteiger partial charge < -0.3 is 26.3 Å². The molecule has 5 N–H and O–H groups in total. The van der Waals surface area contributed by atoms with Crippen LogP contribution in [-0.4, -0.2) is 26.3 Å². The van der Waals surface area contributed by atoms with E-state index in [4.69, 9.17) is 20.9 Å². The lowest BCUT2D eigenvalue weighted by molar-refractivity contribution is 0.0864. The van der Waals surface area contributed by atoms with Crippen LogP contribution in [-0.2, 0) is 9.47 Å². The Morgan fingerprint density at radius 1 is 1.20 bits per heavy atom. The predicted molar refractivity (Wildman–Crippen MR) is 58.5 cm³/mol. The summed E-state index contributed by atoms with van der Waals surface area (Å²) in [5.74, 6) is 0.689. The van der Waals surface area contributed by atoms with E-state index in [9.17, 15) is 0 Å². The summed E-state index contributed by atoms with van der Waals surface area (Å²) in [6.07, 6.45) is 5.37. The van der Waals surface area contributed by atoms with Crippen molar-refractivity contribution >= 4 is 0 Å². The van der Waals surface area contributed by atoms with E-state index in [1.54, 1.807) is 12.2 Å². The second-order valence-corrected chi connectivity index (χ2v) is 3.41. The van der Waals surface area contributed by atoms with Gasteiger partial charge in [0.1, 0.15) is 6.10 Å². The molecular formula is C10H19N3O2. The van der Waals surface area contributed by atoms with Crippen molar-refractivity contribution < 1.29 is 9.47 Å². The zero-order valence-corrected chi connectivity index (χ0v) is 9.03. The van der Waals surface area contributed by atoms with Crippen LogP contribution in [0.1, 0.15) is 12.8 Å². The van der Waals surface area contributed by atoms with Gasteiger partial charge in [0, 0.05) is 12.2 Å². The summed E-state index contributed by atoms with van der Waals surface area (Å²) in [5, 5.41) is 3.26. The van der Waals surface area contributed by atoms with Crippen LogP contribution in [0.4, 0.5) is 0 Å². The van der Waals surface area contributed by atoms with Crippen LogP contribution in [0.25, 0.3) is 0 Å². The molecule has 0 aromatic heterocycles. The number of hydrogen-bond acceptors (Lipinski definition) is 5. The molecule has 0 aromatic carbocycles. The Morgan fingerprint density at radius 2 is 1.80 bits per heavy atom. The van der Waals surface area contributed by atoms with Crippen molar-refractivity contribution in [1.82, 2.24) is 5.32 Å². The SMILES string of the molecule is CO/C(N)=C/C=C(\N)OC1CCNCC1. The molecule has 0 aromatic rings. The molecule has 0 atom stereocenters. The number of rotatable bonds is 4. The highest BCUT2D eigenvalue weighted by molar-refractivity contribution is 5.07. The van der Waals surface area contributed by atoms with Gasteiger partial charge in [-0.3, -0.25) is 0 Å². The lowest BCUT2D eigenvalue weighted by Crippen LogP contribution is -2.33. The summed E-state index contributed by atoms with van der Waals surface area (Å²) in [7, 11) is 1.50. The smallest absolute Gasteiger partial charge is 0.184 e. The van der Waals surface area contributed by atoms with E-state index in [1.807, 2.05) is 0 Å². The topological polar surface area (TPSA) is 82.5 Å². The van der Waals surface area contributed by atoms with Crippen molar-refractivity contribution in [3.8, 4) is 0 Å². The minimum absolute atomic E-state index is 0.208.